The molecular weight excluding hydrogens is 314 g/mol. The molecule has 0 bridgehead atoms. The van der Waals surface area contributed by atoms with Gasteiger partial charge in [0.15, 0.2) is 0 Å². The van der Waals surface area contributed by atoms with E-state index in [0.29, 0.717) is 5.92 Å². The lowest BCUT2D eigenvalue weighted by Crippen LogP contribution is -2.38. The van der Waals surface area contributed by atoms with Crippen molar-refractivity contribution in [3.8, 4) is 0 Å². The minimum atomic E-state index is -3.23. The fourth-order valence-corrected chi connectivity index (χ4v) is 4.70. The number of benzene rings is 1. The van der Waals surface area contributed by atoms with Crippen molar-refractivity contribution < 1.29 is 8.42 Å². The summed E-state index contributed by atoms with van der Waals surface area (Å²) in [6.45, 7) is 0. The maximum Gasteiger partial charge on any atom is 0.216 e. The van der Waals surface area contributed by atoms with E-state index in [1.54, 1.807) is 0 Å². The topological polar surface area (TPSA) is 46.2 Å². The molecule has 0 amide bonds. The molecule has 1 saturated carbocycles. The van der Waals surface area contributed by atoms with Crippen LogP contribution < -0.4 is 4.72 Å². The number of sulfonamides is 1. The molecule has 1 N–H and O–H groups in total. The monoisotopic (exact) mass is 331 g/mol. The van der Waals surface area contributed by atoms with Crippen molar-refractivity contribution in [3.05, 3.63) is 35.9 Å². The second-order valence-corrected chi connectivity index (χ2v) is 7.22. The zero-order valence-electron chi connectivity index (χ0n) is 10.2. The van der Waals surface area contributed by atoms with E-state index in [1.165, 1.54) is 0 Å². The van der Waals surface area contributed by atoms with Gasteiger partial charge in [-0.25, -0.2) is 13.1 Å². The first-order valence-electron chi connectivity index (χ1n) is 6.20. The molecule has 1 aliphatic carbocycles. The van der Waals surface area contributed by atoms with E-state index in [4.69, 9.17) is 0 Å². The van der Waals surface area contributed by atoms with Crippen LogP contribution in [0.1, 0.15) is 24.8 Å². The fraction of sp³-hybridized carbons (Fsp3) is 0.538. The van der Waals surface area contributed by atoms with Crippen LogP contribution in [0.3, 0.4) is 0 Å². The summed E-state index contributed by atoms with van der Waals surface area (Å²) in [7, 11) is -3.23. The lowest BCUT2D eigenvalue weighted by molar-refractivity contribution is 0.484. The summed E-state index contributed by atoms with van der Waals surface area (Å²) in [5.41, 5.74) is 0.832. The lowest BCUT2D eigenvalue weighted by atomic mass is 10.1. The average Bonchev–Trinajstić information content (AvgIpc) is 2.76. The molecule has 18 heavy (non-hydrogen) atoms. The second kappa shape index (κ2) is 6.17. The summed E-state index contributed by atoms with van der Waals surface area (Å²) in [6.07, 6.45) is 3.16. The van der Waals surface area contributed by atoms with E-state index < -0.39 is 10.0 Å². The quantitative estimate of drug-likeness (QED) is 0.843. The van der Waals surface area contributed by atoms with E-state index in [-0.39, 0.29) is 11.8 Å². The summed E-state index contributed by atoms with van der Waals surface area (Å²) >= 11 is 3.46. The Morgan fingerprint density at radius 1 is 1.22 bits per heavy atom. The Kier molecular flexibility index (Phi) is 4.81. The van der Waals surface area contributed by atoms with Gasteiger partial charge in [0, 0.05) is 11.4 Å². The number of hydrogen-bond acceptors (Lipinski definition) is 2. The first-order chi connectivity index (χ1) is 8.61. The third kappa shape index (κ3) is 3.80. The van der Waals surface area contributed by atoms with Crippen LogP contribution in [0.4, 0.5) is 0 Å². The molecule has 1 aromatic rings. The largest absolute Gasteiger partial charge is 0.216 e. The Bertz CT molecular complexity index is 475. The number of halogens is 1. The molecule has 2 atom stereocenters. The maximum absolute atomic E-state index is 12.1. The molecule has 1 aliphatic rings. The zero-order valence-corrected chi connectivity index (χ0v) is 12.6. The smallest absolute Gasteiger partial charge is 0.212 e. The van der Waals surface area contributed by atoms with E-state index in [0.717, 1.165) is 30.2 Å². The Hall–Kier alpha value is -0.390. The molecule has 1 fully saturated rings. The van der Waals surface area contributed by atoms with Gasteiger partial charge in [-0.05, 0) is 24.3 Å². The van der Waals surface area contributed by atoms with Gasteiger partial charge in [0.25, 0.3) is 0 Å². The lowest BCUT2D eigenvalue weighted by Gasteiger charge is -2.19. The van der Waals surface area contributed by atoms with Crippen molar-refractivity contribution in [2.24, 2.45) is 5.92 Å². The molecule has 3 nitrogen and oxygen atoms in total. The van der Waals surface area contributed by atoms with Gasteiger partial charge in [0.2, 0.25) is 10.0 Å². The van der Waals surface area contributed by atoms with Gasteiger partial charge in [0.1, 0.15) is 0 Å². The van der Waals surface area contributed by atoms with Crippen LogP contribution in [0.15, 0.2) is 30.3 Å². The number of hydrogen-bond donors (Lipinski definition) is 1. The van der Waals surface area contributed by atoms with Gasteiger partial charge >= 0.3 is 0 Å². The molecule has 0 aromatic heterocycles. The van der Waals surface area contributed by atoms with Gasteiger partial charge in [-0.15, -0.1) is 0 Å². The van der Waals surface area contributed by atoms with E-state index in [2.05, 4.69) is 20.7 Å². The summed E-state index contributed by atoms with van der Waals surface area (Å²) in [4.78, 5) is 0. The zero-order chi connectivity index (χ0) is 13.0. The number of alkyl halides is 1. The normalized spacial score (nSPS) is 24.3. The van der Waals surface area contributed by atoms with Gasteiger partial charge < -0.3 is 0 Å². The predicted octanol–water partition coefficient (Wildman–Crippen LogP) is 2.67. The van der Waals surface area contributed by atoms with Gasteiger partial charge in [-0.1, -0.05) is 52.7 Å². The van der Waals surface area contributed by atoms with Crippen LogP contribution >= 0.6 is 15.9 Å². The van der Waals surface area contributed by atoms with Gasteiger partial charge in [0.05, 0.1) is 5.75 Å². The Morgan fingerprint density at radius 2 is 1.94 bits per heavy atom. The van der Waals surface area contributed by atoms with Crippen molar-refractivity contribution in [3.63, 3.8) is 0 Å². The molecule has 2 rings (SSSR count). The highest BCUT2D eigenvalue weighted by atomic mass is 79.9. The molecule has 0 heterocycles. The molecule has 0 aliphatic heterocycles. The van der Waals surface area contributed by atoms with Crippen LogP contribution in [-0.2, 0) is 15.8 Å². The molecule has 1 aromatic carbocycles. The molecule has 2 unspecified atom stereocenters. The van der Waals surface area contributed by atoms with Crippen LogP contribution in [-0.4, -0.2) is 19.8 Å². The molecule has 0 spiro atoms. The fourth-order valence-electron chi connectivity index (χ4n) is 2.44. The van der Waals surface area contributed by atoms with E-state index >= 15 is 0 Å². The van der Waals surface area contributed by atoms with Crippen molar-refractivity contribution in [2.75, 3.05) is 5.33 Å². The van der Waals surface area contributed by atoms with Crippen molar-refractivity contribution in [1.29, 1.82) is 0 Å². The van der Waals surface area contributed by atoms with Gasteiger partial charge in [-0.3, -0.25) is 0 Å². The highest BCUT2D eigenvalue weighted by Crippen LogP contribution is 2.27. The number of rotatable bonds is 5. The highest BCUT2D eigenvalue weighted by Gasteiger charge is 2.29. The standard InChI is InChI=1S/C13H18BrNO2S/c14-9-12-7-4-8-13(12)15-18(16,17)10-11-5-2-1-3-6-11/h1-3,5-6,12-13,15H,4,7-10H2. The number of nitrogens with one attached hydrogen (secondary N) is 1. The summed E-state index contributed by atoms with van der Waals surface area (Å²) < 4.78 is 27.0. The Balaban J connectivity index is 1.99. The Morgan fingerprint density at radius 3 is 2.61 bits per heavy atom. The van der Waals surface area contributed by atoms with Crippen LogP contribution in [0.5, 0.6) is 0 Å². The summed E-state index contributed by atoms with van der Waals surface area (Å²) in [6, 6.07) is 9.40. The SMILES string of the molecule is O=S(=O)(Cc1ccccc1)NC1CCCC1CBr. The van der Waals surface area contributed by atoms with Gasteiger partial charge in [-0.2, -0.15) is 0 Å². The van der Waals surface area contributed by atoms with Crippen LogP contribution in [0, 0.1) is 5.92 Å². The highest BCUT2D eigenvalue weighted by molar-refractivity contribution is 9.09. The minimum Gasteiger partial charge on any atom is -0.212 e. The van der Waals surface area contributed by atoms with Crippen LogP contribution in [0.2, 0.25) is 0 Å². The van der Waals surface area contributed by atoms with E-state index in [9.17, 15) is 8.42 Å². The first-order valence-corrected chi connectivity index (χ1v) is 8.98. The van der Waals surface area contributed by atoms with Crippen molar-refractivity contribution in [1.82, 2.24) is 4.72 Å². The summed E-state index contributed by atoms with van der Waals surface area (Å²) in [5.74, 6) is 0.495. The molecule has 5 heteroatoms. The van der Waals surface area contributed by atoms with Crippen molar-refractivity contribution >= 4 is 26.0 Å². The van der Waals surface area contributed by atoms with E-state index in [1.807, 2.05) is 30.3 Å². The minimum absolute atomic E-state index is 0.0688. The third-order valence-corrected chi connectivity index (χ3v) is 5.59. The first kappa shape index (κ1) is 14.0. The predicted molar refractivity (Wildman–Crippen MR) is 77.1 cm³/mol. The Labute approximate surface area is 117 Å². The average molecular weight is 332 g/mol. The molecule has 100 valence electrons. The van der Waals surface area contributed by atoms with Crippen LogP contribution in [0.25, 0.3) is 0 Å². The third-order valence-electron chi connectivity index (χ3n) is 3.39. The molecule has 0 saturated heterocycles. The second-order valence-electron chi connectivity index (χ2n) is 4.81. The van der Waals surface area contributed by atoms with Crippen molar-refractivity contribution in [2.45, 2.75) is 31.1 Å². The molecule has 0 radical (unpaired) electrons. The molecular formula is C13H18BrNO2S. The summed E-state index contributed by atoms with van der Waals surface area (Å²) in [5, 5.41) is 0.867. The maximum atomic E-state index is 12.1.